The highest BCUT2D eigenvalue weighted by Crippen LogP contribution is 2.23. The molecule has 1 aliphatic heterocycles. The molecule has 0 radical (unpaired) electrons. The van der Waals surface area contributed by atoms with Crippen LogP contribution in [0.5, 0.6) is 0 Å². The minimum absolute atomic E-state index is 0.194. The fourth-order valence-electron chi connectivity index (χ4n) is 3.41. The van der Waals surface area contributed by atoms with Gasteiger partial charge in [0.15, 0.2) is 0 Å². The molecule has 1 aromatic heterocycles. The molecule has 28 heavy (non-hydrogen) atoms. The van der Waals surface area contributed by atoms with Crippen LogP contribution in [0, 0.1) is 0 Å². The van der Waals surface area contributed by atoms with Gasteiger partial charge < -0.3 is 14.5 Å². The number of carbonyl (C=O) groups is 1. The summed E-state index contributed by atoms with van der Waals surface area (Å²) in [6.07, 6.45) is -0.298. The summed E-state index contributed by atoms with van der Waals surface area (Å²) in [6.45, 7) is 4.39. The normalized spacial score (nSPS) is 14.3. The van der Waals surface area contributed by atoms with Crippen molar-refractivity contribution in [3.63, 3.8) is 0 Å². The molecule has 144 valence electrons. The van der Waals surface area contributed by atoms with E-state index in [1.165, 1.54) is 6.07 Å². The smallest absolute Gasteiger partial charge is 0.409 e. The molecule has 1 fully saturated rings. The molecular weight excluding hydrogens is 356 g/mol. The molecule has 3 aromatic rings. The van der Waals surface area contributed by atoms with Crippen LogP contribution in [0.1, 0.15) is 6.92 Å². The fraction of sp³-hybridized carbons (Fsp3) is 0.286. The molecule has 2 heterocycles. The Bertz CT molecular complexity index is 1050. The number of benzene rings is 2. The summed E-state index contributed by atoms with van der Waals surface area (Å²) < 4.78 is 5.05. The monoisotopic (exact) mass is 378 g/mol. The van der Waals surface area contributed by atoms with Gasteiger partial charge in [0.25, 0.3) is 5.56 Å². The van der Waals surface area contributed by atoms with E-state index in [-0.39, 0.29) is 11.7 Å². The summed E-state index contributed by atoms with van der Waals surface area (Å²) in [4.78, 5) is 35.2. The van der Waals surface area contributed by atoms with Gasteiger partial charge in [-0.3, -0.25) is 9.78 Å². The molecule has 1 aliphatic rings. The lowest BCUT2D eigenvalue weighted by Crippen LogP contribution is -2.49. The number of nitrogens with zero attached hydrogens (tertiary/aromatic N) is 3. The topological polar surface area (TPSA) is 78.5 Å². The van der Waals surface area contributed by atoms with Crippen LogP contribution in [0.3, 0.4) is 0 Å². The Morgan fingerprint density at radius 2 is 1.82 bits per heavy atom. The van der Waals surface area contributed by atoms with E-state index in [0.29, 0.717) is 44.4 Å². The molecule has 7 heteroatoms. The van der Waals surface area contributed by atoms with E-state index in [2.05, 4.69) is 16.0 Å². The summed E-state index contributed by atoms with van der Waals surface area (Å²) in [7, 11) is 0. The van der Waals surface area contributed by atoms with Crippen LogP contribution in [-0.4, -0.2) is 53.7 Å². The SMILES string of the molecule is CCOC(=O)N1CCN(c2nc(-c3ccc4ccccc4c3)cc(=O)[nH]2)CC1. The number of ether oxygens (including phenoxy) is 1. The zero-order valence-electron chi connectivity index (χ0n) is 15.7. The van der Waals surface area contributed by atoms with Crippen molar-refractivity contribution < 1.29 is 9.53 Å². The van der Waals surface area contributed by atoms with Crippen LogP contribution < -0.4 is 10.5 Å². The highest BCUT2D eigenvalue weighted by Gasteiger charge is 2.23. The second kappa shape index (κ2) is 7.72. The Morgan fingerprint density at radius 3 is 2.57 bits per heavy atom. The van der Waals surface area contributed by atoms with Crippen LogP contribution in [0.15, 0.2) is 53.3 Å². The minimum Gasteiger partial charge on any atom is -0.450 e. The maximum atomic E-state index is 12.2. The lowest BCUT2D eigenvalue weighted by Gasteiger charge is -2.34. The Balaban J connectivity index is 1.57. The number of rotatable bonds is 3. The molecule has 0 bridgehead atoms. The van der Waals surface area contributed by atoms with Crippen molar-refractivity contribution in [3.05, 3.63) is 58.9 Å². The first-order chi connectivity index (χ1) is 13.6. The van der Waals surface area contributed by atoms with Gasteiger partial charge in [-0.05, 0) is 23.8 Å². The lowest BCUT2D eigenvalue weighted by molar-refractivity contribution is 0.105. The Hall–Kier alpha value is -3.35. The zero-order valence-corrected chi connectivity index (χ0v) is 15.7. The van der Waals surface area contributed by atoms with Crippen molar-refractivity contribution >= 4 is 22.8 Å². The van der Waals surface area contributed by atoms with Crippen LogP contribution in [0.2, 0.25) is 0 Å². The molecule has 4 rings (SSSR count). The van der Waals surface area contributed by atoms with Gasteiger partial charge in [-0.1, -0.05) is 36.4 Å². The van der Waals surface area contributed by atoms with Gasteiger partial charge in [-0.15, -0.1) is 0 Å². The Morgan fingerprint density at radius 1 is 1.07 bits per heavy atom. The molecule has 0 saturated carbocycles. The summed E-state index contributed by atoms with van der Waals surface area (Å²) in [5.41, 5.74) is 1.34. The van der Waals surface area contributed by atoms with Crippen LogP contribution >= 0.6 is 0 Å². The number of hydrogen-bond acceptors (Lipinski definition) is 5. The third kappa shape index (κ3) is 3.69. The second-order valence-electron chi connectivity index (χ2n) is 6.69. The molecule has 0 unspecified atom stereocenters. The van der Waals surface area contributed by atoms with Crippen molar-refractivity contribution in [2.75, 3.05) is 37.7 Å². The lowest BCUT2D eigenvalue weighted by atomic mass is 10.1. The first-order valence-electron chi connectivity index (χ1n) is 9.41. The summed E-state index contributed by atoms with van der Waals surface area (Å²) >= 11 is 0. The van der Waals surface area contributed by atoms with Gasteiger partial charge in [0, 0.05) is 37.8 Å². The Labute approximate surface area is 162 Å². The number of anilines is 1. The summed E-state index contributed by atoms with van der Waals surface area (Å²) in [5.74, 6) is 0.527. The van der Waals surface area contributed by atoms with Gasteiger partial charge in [0.2, 0.25) is 5.95 Å². The van der Waals surface area contributed by atoms with E-state index in [1.807, 2.05) is 41.3 Å². The third-order valence-corrected chi connectivity index (χ3v) is 4.88. The van der Waals surface area contributed by atoms with Crippen molar-refractivity contribution in [3.8, 4) is 11.3 Å². The van der Waals surface area contributed by atoms with Crippen molar-refractivity contribution in [2.45, 2.75) is 6.92 Å². The molecule has 0 atom stereocenters. The summed E-state index contributed by atoms with van der Waals surface area (Å²) in [6, 6.07) is 15.7. The van der Waals surface area contributed by atoms with Gasteiger partial charge in [-0.2, -0.15) is 0 Å². The fourth-order valence-corrected chi connectivity index (χ4v) is 3.41. The predicted octanol–water partition coefficient (Wildman–Crippen LogP) is 2.87. The van der Waals surface area contributed by atoms with E-state index in [9.17, 15) is 9.59 Å². The van der Waals surface area contributed by atoms with E-state index in [4.69, 9.17) is 4.74 Å². The predicted molar refractivity (Wildman–Crippen MR) is 109 cm³/mol. The number of carbonyl (C=O) groups excluding carboxylic acids is 1. The number of fused-ring (bicyclic) bond motifs is 1. The van der Waals surface area contributed by atoms with Gasteiger partial charge in [0.05, 0.1) is 12.3 Å². The Kier molecular flexibility index (Phi) is 4.97. The first kappa shape index (κ1) is 18.0. The molecule has 7 nitrogen and oxygen atoms in total. The first-order valence-corrected chi connectivity index (χ1v) is 9.41. The molecule has 2 aromatic carbocycles. The van der Waals surface area contributed by atoms with E-state index >= 15 is 0 Å². The highest BCUT2D eigenvalue weighted by atomic mass is 16.6. The molecule has 1 saturated heterocycles. The second-order valence-corrected chi connectivity index (χ2v) is 6.69. The third-order valence-electron chi connectivity index (χ3n) is 4.88. The largest absolute Gasteiger partial charge is 0.450 e. The van der Waals surface area contributed by atoms with Crippen molar-refractivity contribution in [2.24, 2.45) is 0 Å². The van der Waals surface area contributed by atoms with Gasteiger partial charge in [-0.25, -0.2) is 9.78 Å². The van der Waals surface area contributed by atoms with E-state index in [1.54, 1.807) is 11.8 Å². The zero-order chi connectivity index (χ0) is 19.5. The average Bonchev–Trinajstić information content (AvgIpc) is 2.73. The summed E-state index contributed by atoms with van der Waals surface area (Å²) in [5, 5.41) is 2.25. The van der Waals surface area contributed by atoms with Gasteiger partial charge >= 0.3 is 6.09 Å². The van der Waals surface area contributed by atoms with Gasteiger partial charge in [0.1, 0.15) is 0 Å². The van der Waals surface area contributed by atoms with E-state index in [0.717, 1.165) is 16.3 Å². The van der Waals surface area contributed by atoms with Crippen molar-refractivity contribution in [1.82, 2.24) is 14.9 Å². The van der Waals surface area contributed by atoms with Crippen LogP contribution in [-0.2, 0) is 4.74 Å². The minimum atomic E-state index is -0.298. The maximum absolute atomic E-state index is 12.2. The standard InChI is InChI=1S/C21H22N4O3/c1-2-28-21(27)25-11-9-24(10-12-25)20-22-18(14-19(26)23-20)17-8-7-15-5-3-4-6-16(15)13-17/h3-8,13-14H,2,9-12H2,1H3,(H,22,23,26). The number of amides is 1. The number of hydrogen-bond donors (Lipinski definition) is 1. The average molecular weight is 378 g/mol. The highest BCUT2D eigenvalue weighted by molar-refractivity contribution is 5.86. The van der Waals surface area contributed by atoms with E-state index < -0.39 is 0 Å². The maximum Gasteiger partial charge on any atom is 0.409 e. The molecule has 1 amide bonds. The quantitative estimate of drug-likeness (QED) is 0.758. The van der Waals surface area contributed by atoms with Crippen molar-refractivity contribution in [1.29, 1.82) is 0 Å². The number of aromatic amines is 1. The van der Waals surface area contributed by atoms with Crippen LogP contribution in [0.4, 0.5) is 10.7 Å². The number of H-pyrrole nitrogens is 1. The number of aromatic nitrogens is 2. The number of piperazine rings is 1. The van der Waals surface area contributed by atoms with Crippen LogP contribution in [0.25, 0.3) is 22.0 Å². The molecule has 1 N–H and O–H groups in total. The number of nitrogens with one attached hydrogen (secondary N) is 1. The molecular formula is C21H22N4O3. The molecule has 0 aliphatic carbocycles. The molecule has 0 spiro atoms.